The normalized spacial score (nSPS) is 30.4. The molecule has 0 bridgehead atoms. The molecule has 0 saturated heterocycles. The molecule has 0 aromatic rings. The Morgan fingerprint density at radius 3 is 2.19 bits per heavy atom. The van der Waals surface area contributed by atoms with Crippen LogP contribution in [-0.2, 0) is 0 Å². The molecule has 0 heterocycles. The highest BCUT2D eigenvalue weighted by molar-refractivity contribution is 5.30. The highest BCUT2D eigenvalue weighted by Gasteiger charge is 2.42. The lowest BCUT2D eigenvalue weighted by molar-refractivity contribution is -0.0971. The summed E-state index contributed by atoms with van der Waals surface area (Å²) >= 11 is 0. The molecule has 0 fully saturated rings. The molecule has 0 aromatic carbocycles. The van der Waals surface area contributed by atoms with Crippen molar-refractivity contribution in [2.45, 2.75) is 33.0 Å². The van der Waals surface area contributed by atoms with E-state index in [0.717, 1.165) is 6.08 Å². The van der Waals surface area contributed by atoms with Crippen LogP contribution in [0.1, 0.15) is 20.8 Å². The molecule has 1 aliphatic carbocycles. The quantitative estimate of drug-likeness (QED) is 0.632. The van der Waals surface area contributed by atoms with Gasteiger partial charge in [-0.15, -0.1) is 0 Å². The van der Waals surface area contributed by atoms with Crippen LogP contribution >= 0.6 is 0 Å². The molecule has 0 amide bonds. The minimum Gasteiger partial charge on any atom is -0.402 e. The summed E-state index contributed by atoms with van der Waals surface area (Å²) in [4.78, 5) is 0. The number of hydrogen-bond acceptors (Lipinski definition) is 2. The van der Waals surface area contributed by atoms with Crippen molar-refractivity contribution in [3.8, 4) is 0 Å². The Morgan fingerprint density at radius 1 is 1.25 bits per heavy atom. The fraction of sp³-hybridized carbons (Fsp3) is 0.636. The first-order valence-electron chi connectivity index (χ1n) is 5.08. The molecule has 0 radical (unpaired) electrons. The van der Waals surface area contributed by atoms with Crippen LogP contribution in [0.2, 0.25) is 0 Å². The SMILES string of the molecule is CC1C(N)=CC(C)(C)C=C(C(F)(F)F)C1N. The Balaban J connectivity index is 3.27. The van der Waals surface area contributed by atoms with Crippen molar-refractivity contribution in [3.63, 3.8) is 0 Å². The summed E-state index contributed by atoms with van der Waals surface area (Å²) in [6, 6.07) is -1.10. The summed E-state index contributed by atoms with van der Waals surface area (Å²) in [5, 5.41) is 0. The monoisotopic (exact) mass is 234 g/mol. The van der Waals surface area contributed by atoms with Crippen LogP contribution in [0, 0.1) is 11.3 Å². The fourth-order valence-corrected chi connectivity index (χ4v) is 1.85. The number of hydrogen-bond donors (Lipinski definition) is 2. The number of rotatable bonds is 0. The van der Waals surface area contributed by atoms with Crippen molar-refractivity contribution < 1.29 is 13.2 Å². The van der Waals surface area contributed by atoms with E-state index in [1.165, 1.54) is 0 Å². The van der Waals surface area contributed by atoms with Gasteiger partial charge in [-0.3, -0.25) is 0 Å². The van der Waals surface area contributed by atoms with E-state index in [2.05, 4.69) is 0 Å². The Kier molecular flexibility index (Phi) is 3.11. The first-order valence-corrected chi connectivity index (χ1v) is 5.08. The molecule has 4 N–H and O–H groups in total. The lowest BCUT2D eigenvalue weighted by atomic mass is 9.90. The average Bonchev–Trinajstić information content (AvgIpc) is 2.15. The van der Waals surface area contributed by atoms with Gasteiger partial charge < -0.3 is 11.5 Å². The van der Waals surface area contributed by atoms with Gasteiger partial charge in [0.25, 0.3) is 0 Å². The Hall–Kier alpha value is -0.970. The average molecular weight is 234 g/mol. The smallest absolute Gasteiger partial charge is 0.402 e. The number of allylic oxidation sites excluding steroid dienone is 2. The lowest BCUT2D eigenvalue weighted by Gasteiger charge is -2.23. The summed E-state index contributed by atoms with van der Waals surface area (Å²) in [5.74, 6) is -0.505. The predicted molar refractivity (Wildman–Crippen MR) is 57.3 cm³/mol. The van der Waals surface area contributed by atoms with Gasteiger partial charge in [0.1, 0.15) is 0 Å². The standard InChI is InChI=1S/C11H17F3N2/c1-6-8(15)5-10(2,3)4-7(9(6)16)11(12,13)14/h4-6,9H,15-16H2,1-3H3. The van der Waals surface area contributed by atoms with E-state index in [1.807, 2.05) is 0 Å². The van der Waals surface area contributed by atoms with Gasteiger partial charge in [0.2, 0.25) is 0 Å². The first-order chi connectivity index (χ1) is 7.04. The molecular weight excluding hydrogens is 217 g/mol. The second kappa shape index (κ2) is 3.80. The highest BCUT2D eigenvalue weighted by atomic mass is 19.4. The molecule has 92 valence electrons. The first kappa shape index (κ1) is 13.1. The van der Waals surface area contributed by atoms with Crippen LogP contribution in [0.15, 0.2) is 23.4 Å². The van der Waals surface area contributed by atoms with Crippen molar-refractivity contribution in [2.24, 2.45) is 22.8 Å². The maximum absolute atomic E-state index is 12.8. The van der Waals surface area contributed by atoms with Gasteiger partial charge in [0.15, 0.2) is 0 Å². The Bertz CT molecular complexity index is 340. The zero-order valence-electron chi connectivity index (χ0n) is 9.60. The number of alkyl halides is 3. The van der Waals surface area contributed by atoms with Gasteiger partial charge in [-0.2, -0.15) is 13.2 Å². The molecule has 2 nitrogen and oxygen atoms in total. The third kappa shape index (κ3) is 2.58. The fourth-order valence-electron chi connectivity index (χ4n) is 1.85. The van der Waals surface area contributed by atoms with Gasteiger partial charge in [-0.25, -0.2) is 0 Å². The third-order valence-corrected chi connectivity index (χ3v) is 2.82. The van der Waals surface area contributed by atoms with Crippen LogP contribution in [-0.4, -0.2) is 12.2 Å². The van der Waals surface area contributed by atoms with E-state index in [9.17, 15) is 13.2 Å². The summed E-state index contributed by atoms with van der Waals surface area (Å²) in [7, 11) is 0. The lowest BCUT2D eigenvalue weighted by Crippen LogP contribution is -2.38. The molecule has 2 atom stereocenters. The highest BCUT2D eigenvalue weighted by Crippen LogP contribution is 2.38. The second-order valence-corrected chi connectivity index (χ2v) is 4.88. The molecule has 0 saturated carbocycles. The molecular formula is C11H17F3N2. The van der Waals surface area contributed by atoms with Gasteiger partial charge in [-0.05, 0) is 0 Å². The molecule has 1 aliphatic rings. The van der Waals surface area contributed by atoms with Gasteiger partial charge >= 0.3 is 6.18 Å². The second-order valence-electron chi connectivity index (χ2n) is 4.88. The molecule has 1 rings (SSSR count). The molecule has 0 aliphatic heterocycles. The Morgan fingerprint density at radius 2 is 1.75 bits per heavy atom. The topological polar surface area (TPSA) is 52.0 Å². The van der Waals surface area contributed by atoms with Crippen molar-refractivity contribution in [1.82, 2.24) is 0 Å². The van der Waals surface area contributed by atoms with E-state index in [-0.39, 0.29) is 0 Å². The zero-order valence-corrected chi connectivity index (χ0v) is 9.60. The minimum absolute atomic E-state index is 0.410. The third-order valence-electron chi connectivity index (χ3n) is 2.82. The van der Waals surface area contributed by atoms with Gasteiger partial charge in [0.05, 0.1) is 0 Å². The maximum atomic E-state index is 12.8. The van der Waals surface area contributed by atoms with Crippen molar-refractivity contribution in [2.75, 3.05) is 0 Å². The molecule has 2 unspecified atom stereocenters. The Labute approximate surface area is 93.2 Å². The predicted octanol–water partition coefficient (Wildman–Crippen LogP) is 2.32. The number of halogens is 3. The minimum atomic E-state index is -4.40. The summed E-state index contributed by atoms with van der Waals surface area (Å²) in [6.45, 7) is 4.96. The van der Waals surface area contributed by atoms with Crippen LogP contribution in [0.25, 0.3) is 0 Å². The van der Waals surface area contributed by atoms with Crippen LogP contribution < -0.4 is 11.5 Å². The largest absolute Gasteiger partial charge is 0.413 e. The van der Waals surface area contributed by atoms with E-state index in [4.69, 9.17) is 11.5 Å². The van der Waals surface area contributed by atoms with E-state index in [1.54, 1.807) is 26.8 Å². The van der Waals surface area contributed by atoms with E-state index < -0.39 is 29.1 Å². The maximum Gasteiger partial charge on any atom is 0.413 e. The van der Waals surface area contributed by atoms with Gasteiger partial charge in [-0.1, -0.05) is 32.9 Å². The van der Waals surface area contributed by atoms with E-state index in [0.29, 0.717) is 5.70 Å². The summed E-state index contributed by atoms with van der Waals surface area (Å²) in [5.41, 5.74) is 10.3. The zero-order chi connectivity index (χ0) is 12.7. The van der Waals surface area contributed by atoms with Crippen LogP contribution in [0.5, 0.6) is 0 Å². The molecule has 5 heteroatoms. The number of nitrogens with two attached hydrogens (primary N) is 2. The van der Waals surface area contributed by atoms with E-state index >= 15 is 0 Å². The van der Waals surface area contributed by atoms with Crippen LogP contribution in [0.3, 0.4) is 0 Å². The van der Waals surface area contributed by atoms with Crippen molar-refractivity contribution in [3.05, 3.63) is 23.4 Å². The van der Waals surface area contributed by atoms with Crippen molar-refractivity contribution >= 4 is 0 Å². The van der Waals surface area contributed by atoms with Crippen LogP contribution in [0.4, 0.5) is 13.2 Å². The summed E-state index contributed by atoms with van der Waals surface area (Å²) in [6.07, 6.45) is -1.60. The summed E-state index contributed by atoms with van der Waals surface area (Å²) < 4.78 is 38.4. The van der Waals surface area contributed by atoms with Crippen molar-refractivity contribution in [1.29, 1.82) is 0 Å². The molecule has 0 aromatic heterocycles. The van der Waals surface area contributed by atoms with Gasteiger partial charge in [0, 0.05) is 28.6 Å². The molecule has 0 spiro atoms. The molecule has 16 heavy (non-hydrogen) atoms.